The van der Waals surface area contributed by atoms with Crippen molar-refractivity contribution in [2.45, 2.75) is 65.7 Å². The molecule has 1 heteroatoms. The lowest BCUT2D eigenvalue weighted by molar-refractivity contribution is 0.283. The molecule has 2 rings (SSSR count). The van der Waals surface area contributed by atoms with E-state index in [0.717, 1.165) is 12.0 Å². The molecule has 0 unspecified atom stereocenters. The van der Waals surface area contributed by atoms with E-state index in [1.807, 2.05) is 12.1 Å². The van der Waals surface area contributed by atoms with E-state index >= 15 is 0 Å². The molecule has 0 bridgehead atoms. The Balaban J connectivity index is 2.40. The topological polar surface area (TPSA) is 20.2 Å². The highest BCUT2D eigenvalue weighted by atomic mass is 16.3. The van der Waals surface area contributed by atoms with Crippen molar-refractivity contribution in [2.75, 3.05) is 0 Å². The zero-order valence-electron chi connectivity index (χ0n) is 16.3. The summed E-state index contributed by atoms with van der Waals surface area (Å²) in [4.78, 5) is 0. The van der Waals surface area contributed by atoms with Gasteiger partial charge < -0.3 is 5.11 Å². The van der Waals surface area contributed by atoms with Crippen LogP contribution in [0.5, 0.6) is 5.75 Å². The average Bonchev–Trinajstić information content (AvgIpc) is 2.45. The molecule has 0 saturated carbocycles. The number of hydrogen-bond acceptors (Lipinski definition) is 1. The Morgan fingerprint density at radius 1 is 0.750 bits per heavy atom. The van der Waals surface area contributed by atoms with Crippen LogP contribution in [0.4, 0.5) is 0 Å². The monoisotopic (exact) mass is 324 g/mol. The van der Waals surface area contributed by atoms with E-state index in [4.69, 9.17) is 0 Å². The summed E-state index contributed by atoms with van der Waals surface area (Å²) in [7, 11) is 0. The van der Waals surface area contributed by atoms with E-state index in [0.29, 0.717) is 5.75 Å². The maximum atomic E-state index is 10.7. The highest BCUT2D eigenvalue weighted by molar-refractivity contribution is 5.48. The molecule has 0 saturated heterocycles. The summed E-state index contributed by atoms with van der Waals surface area (Å²) in [6.07, 6.45) is 1.07. The zero-order chi connectivity index (χ0) is 18.2. The maximum Gasteiger partial charge on any atom is 0.119 e. The molecule has 0 amide bonds. The Bertz CT molecular complexity index is 688. The predicted octanol–water partition coefficient (Wildman–Crippen LogP) is 6.43. The molecule has 130 valence electrons. The van der Waals surface area contributed by atoms with Crippen molar-refractivity contribution in [1.82, 2.24) is 0 Å². The van der Waals surface area contributed by atoms with Crippen LogP contribution in [-0.4, -0.2) is 5.11 Å². The van der Waals surface area contributed by atoms with Crippen LogP contribution in [-0.2, 0) is 10.8 Å². The Morgan fingerprint density at radius 2 is 1.33 bits per heavy atom. The van der Waals surface area contributed by atoms with Gasteiger partial charge in [0, 0.05) is 11.0 Å². The van der Waals surface area contributed by atoms with Gasteiger partial charge in [0.1, 0.15) is 5.75 Å². The van der Waals surface area contributed by atoms with Gasteiger partial charge in [0.15, 0.2) is 0 Å². The van der Waals surface area contributed by atoms with Gasteiger partial charge in [0.25, 0.3) is 0 Å². The molecular weight excluding hydrogens is 292 g/mol. The first-order valence-corrected chi connectivity index (χ1v) is 8.83. The first-order valence-electron chi connectivity index (χ1n) is 8.83. The summed E-state index contributed by atoms with van der Waals surface area (Å²) >= 11 is 0. The molecule has 0 spiro atoms. The molecule has 0 aliphatic heterocycles. The smallest absolute Gasteiger partial charge is 0.119 e. The molecule has 2 aromatic rings. The van der Waals surface area contributed by atoms with E-state index in [-0.39, 0.29) is 16.2 Å². The lowest BCUT2D eigenvalue weighted by atomic mass is 9.71. The third kappa shape index (κ3) is 4.01. The van der Waals surface area contributed by atoms with Gasteiger partial charge in [-0.05, 0) is 34.4 Å². The van der Waals surface area contributed by atoms with Crippen LogP contribution in [0.15, 0.2) is 48.5 Å². The highest BCUT2D eigenvalue weighted by Crippen LogP contribution is 2.41. The number of rotatable bonds is 4. The van der Waals surface area contributed by atoms with Gasteiger partial charge in [-0.25, -0.2) is 0 Å². The van der Waals surface area contributed by atoms with Gasteiger partial charge in [0.05, 0.1) is 0 Å². The molecule has 0 atom stereocenters. The summed E-state index contributed by atoms with van der Waals surface area (Å²) in [5, 5.41) is 10.7. The molecule has 1 nitrogen and oxygen atoms in total. The van der Waals surface area contributed by atoms with Crippen molar-refractivity contribution >= 4 is 0 Å². The van der Waals surface area contributed by atoms with Crippen molar-refractivity contribution in [3.63, 3.8) is 0 Å². The molecule has 0 heterocycles. The van der Waals surface area contributed by atoms with E-state index in [1.165, 1.54) is 11.1 Å². The molecule has 0 aromatic heterocycles. The Kier molecular flexibility index (Phi) is 4.86. The number of benzene rings is 2. The third-order valence-electron chi connectivity index (χ3n) is 4.92. The zero-order valence-corrected chi connectivity index (χ0v) is 16.3. The van der Waals surface area contributed by atoms with Crippen molar-refractivity contribution < 1.29 is 5.11 Å². The summed E-state index contributed by atoms with van der Waals surface area (Å²) in [5.74, 6) is 0.392. The second-order valence-electron chi connectivity index (χ2n) is 9.34. The molecule has 0 aliphatic rings. The molecular formula is C23H32O. The van der Waals surface area contributed by atoms with E-state index < -0.39 is 0 Å². The van der Waals surface area contributed by atoms with Crippen LogP contribution in [0.1, 0.15) is 71.6 Å². The number of hydrogen-bond donors (Lipinski definition) is 1. The van der Waals surface area contributed by atoms with Gasteiger partial charge in [-0.3, -0.25) is 0 Å². The minimum atomic E-state index is -0.224. The predicted molar refractivity (Wildman–Crippen MR) is 104 cm³/mol. The number of aromatic hydroxyl groups is 1. The standard InChI is InChI=1S/C23H32O/c1-21(2,3)16-22(4,5)18-13-14-19(20(24)15-18)23(6,7)17-11-9-8-10-12-17/h8-15,24H,16H2,1-7H3. The third-order valence-corrected chi connectivity index (χ3v) is 4.92. The summed E-state index contributed by atoms with van der Waals surface area (Å²) in [5.41, 5.74) is 3.44. The SMILES string of the molecule is CC(C)(C)CC(C)(C)c1ccc(C(C)(C)c2ccccc2)c(O)c1. The minimum Gasteiger partial charge on any atom is -0.508 e. The van der Waals surface area contributed by atoms with Gasteiger partial charge >= 0.3 is 0 Å². The molecule has 24 heavy (non-hydrogen) atoms. The maximum absolute atomic E-state index is 10.7. The van der Waals surface area contributed by atoms with Crippen LogP contribution in [0, 0.1) is 5.41 Å². The Labute approximate surface area is 147 Å². The molecule has 2 aromatic carbocycles. The van der Waals surface area contributed by atoms with Crippen molar-refractivity contribution in [2.24, 2.45) is 5.41 Å². The summed E-state index contributed by atoms with van der Waals surface area (Å²) < 4.78 is 0. The molecule has 1 N–H and O–H groups in total. The number of phenolic OH excluding ortho intramolecular Hbond substituents is 1. The minimum absolute atomic E-state index is 0.0329. The second-order valence-corrected chi connectivity index (χ2v) is 9.34. The van der Waals surface area contributed by atoms with Gasteiger partial charge in [0.2, 0.25) is 0 Å². The fourth-order valence-electron chi connectivity index (χ4n) is 3.92. The second kappa shape index (κ2) is 6.27. The lowest BCUT2D eigenvalue weighted by Crippen LogP contribution is -2.25. The quantitative estimate of drug-likeness (QED) is 0.687. The fourth-order valence-corrected chi connectivity index (χ4v) is 3.92. The van der Waals surface area contributed by atoms with Crippen LogP contribution in [0.2, 0.25) is 0 Å². The fraction of sp³-hybridized carbons (Fsp3) is 0.478. The summed E-state index contributed by atoms with van der Waals surface area (Å²) in [6.45, 7) is 15.6. The normalized spacial score (nSPS) is 13.1. The highest BCUT2D eigenvalue weighted by Gasteiger charge is 2.30. The first kappa shape index (κ1) is 18.6. The van der Waals surface area contributed by atoms with Gasteiger partial charge in [-0.2, -0.15) is 0 Å². The van der Waals surface area contributed by atoms with Crippen LogP contribution >= 0.6 is 0 Å². The number of phenols is 1. The van der Waals surface area contributed by atoms with E-state index in [9.17, 15) is 5.11 Å². The van der Waals surface area contributed by atoms with Crippen LogP contribution < -0.4 is 0 Å². The van der Waals surface area contributed by atoms with E-state index in [1.54, 1.807) is 0 Å². The average molecular weight is 325 g/mol. The van der Waals surface area contributed by atoms with Crippen LogP contribution in [0.3, 0.4) is 0 Å². The molecule has 0 fully saturated rings. The summed E-state index contributed by atoms with van der Waals surface area (Å²) in [6, 6.07) is 16.6. The largest absolute Gasteiger partial charge is 0.508 e. The first-order chi connectivity index (χ1) is 10.9. The molecule has 0 radical (unpaired) electrons. The van der Waals surface area contributed by atoms with Crippen molar-refractivity contribution in [3.05, 3.63) is 65.2 Å². The van der Waals surface area contributed by atoms with Crippen molar-refractivity contribution in [3.8, 4) is 5.75 Å². The van der Waals surface area contributed by atoms with Crippen molar-refractivity contribution in [1.29, 1.82) is 0 Å². The van der Waals surface area contributed by atoms with E-state index in [2.05, 4.69) is 84.9 Å². The lowest BCUT2D eigenvalue weighted by Gasteiger charge is -2.34. The Morgan fingerprint density at radius 3 is 1.83 bits per heavy atom. The Hall–Kier alpha value is -1.76. The van der Waals surface area contributed by atoms with Gasteiger partial charge in [-0.15, -0.1) is 0 Å². The van der Waals surface area contributed by atoms with Gasteiger partial charge in [-0.1, -0.05) is 90.9 Å². The van der Waals surface area contributed by atoms with Crippen LogP contribution in [0.25, 0.3) is 0 Å². The molecule has 0 aliphatic carbocycles.